The van der Waals surface area contributed by atoms with E-state index in [1.165, 1.54) is 89.0 Å². The number of rotatable bonds is 16. The third kappa shape index (κ3) is 11.5. The molecule has 0 unspecified atom stereocenters. The highest BCUT2D eigenvalue weighted by Gasteiger charge is 1.97. The number of nitrogens with zero attached hydrogens (tertiary/aromatic N) is 2. The summed E-state index contributed by atoms with van der Waals surface area (Å²) in [4.78, 5) is 4.53. The molecule has 2 nitrogen and oxygen atoms in total. The number of nitriles is 1. The summed E-state index contributed by atoms with van der Waals surface area (Å²) < 4.78 is 0. The Balaban J connectivity index is 1.50. The zero-order chi connectivity index (χ0) is 22.0. The van der Waals surface area contributed by atoms with E-state index in [0.29, 0.717) is 5.56 Å². The minimum atomic E-state index is 0.676. The van der Waals surface area contributed by atoms with Crippen molar-refractivity contribution < 1.29 is 0 Å². The highest BCUT2D eigenvalue weighted by atomic mass is 14.7. The van der Waals surface area contributed by atoms with Crippen LogP contribution in [0.15, 0.2) is 53.5 Å². The minimum absolute atomic E-state index is 0.676. The maximum atomic E-state index is 8.85. The van der Waals surface area contributed by atoms with E-state index in [2.05, 4.69) is 42.3 Å². The van der Waals surface area contributed by atoms with Crippen LogP contribution in [0.2, 0.25) is 0 Å². The first-order valence-electron chi connectivity index (χ1n) is 12.4. The van der Waals surface area contributed by atoms with Gasteiger partial charge in [-0.05, 0) is 48.2 Å². The van der Waals surface area contributed by atoms with Crippen LogP contribution in [-0.2, 0) is 6.42 Å². The fourth-order valence-corrected chi connectivity index (χ4v) is 3.89. The minimum Gasteiger partial charge on any atom is -0.256 e. The van der Waals surface area contributed by atoms with E-state index in [9.17, 15) is 0 Å². The highest BCUT2D eigenvalue weighted by molar-refractivity contribution is 5.82. The number of hydrogen-bond donors (Lipinski definition) is 0. The van der Waals surface area contributed by atoms with Gasteiger partial charge in [0, 0.05) is 6.21 Å². The highest BCUT2D eigenvalue weighted by Crippen LogP contribution is 2.17. The van der Waals surface area contributed by atoms with Crippen molar-refractivity contribution in [3.05, 3.63) is 65.2 Å². The van der Waals surface area contributed by atoms with Crippen LogP contribution in [0.4, 0.5) is 5.69 Å². The lowest BCUT2D eigenvalue weighted by Crippen LogP contribution is -1.87. The molecule has 2 rings (SSSR count). The average Bonchev–Trinajstić information content (AvgIpc) is 2.82. The van der Waals surface area contributed by atoms with Crippen LogP contribution >= 0.6 is 0 Å². The van der Waals surface area contributed by atoms with Crippen molar-refractivity contribution in [1.29, 1.82) is 5.26 Å². The molecule has 0 fully saturated rings. The molecule has 0 aromatic heterocycles. The molecule has 0 aliphatic carbocycles. The number of aryl methyl sites for hydroxylation is 1. The Labute approximate surface area is 190 Å². The molecule has 31 heavy (non-hydrogen) atoms. The zero-order valence-corrected chi connectivity index (χ0v) is 19.5. The van der Waals surface area contributed by atoms with E-state index >= 15 is 0 Å². The summed E-state index contributed by atoms with van der Waals surface area (Å²) in [6.07, 6.45) is 21.2. The Kier molecular flexibility index (Phi) is 13.1. The summed E-state index contributed by atoms with van der Waals surface area (Å²) in [6, 6.07) is 18.2. The lowest BCUT2D eigenvalue weighted by Gasteiger charge is -2.04. The van der Waals surface area contributed by atoms with E-state index in [1.807, 2.05) is 30.5 Å². The van der Waals surface area contributed by atoms with Crippen LogP contribution in [0.1, 0.15) is 107 Å². The Morgan fingerprint density at radius 1 is 0.677 bits per heavy atom. The monoisotopic (exact) mass is 416 g/mol. The maximum Gasteiger partial charge on any atom is 0.0991 e. The van der Waals surface area contributed by atoms with Crippen LogP contribution in [0.25, 0.3) is 0 Å². The molecular formula is C29H40N2. The van der Waals surface area contributed by atoms with Gasteiger partial charge in [0.1, 0.15) is 0 Å². The third-order valence-electron chi connectivity index (χ3n) is 5.91. The van der Waals surface area contributed by atoms with E-state index in [4.69, 9.17) is 5.26 Å². The van der Waals surface area contributed by atoms with Gasteiger partial charge in [0.15, 0.2) is 0 Å². The molecule has 0 amide bonds. The van der Waals surface area contributed by atoms with Gasteiger partial charge in [-0.2, -0.15) is 5.26 Å². The first-order valence-corrected chi connectivity index (χ1v) is 12.4. The van der Waals surface area contributed by atoms with Crippen LogP contribution in [0, 0.1) is 11.3 Å². The second-order valence-corrected chi connectivity index (χ2v) is 8.65. The fraction of sp³-hybridized carbons (Fsp3) is 0.517. The van der Waals surface area contributed by atoms with Crippen LogP contribution < -0.4 is 0 Å². The van der Waals surface area contributed by atoms with Crippen molar-refractivity contribution >= 4 is 11.9 Å². The zero-order valence-electron chi connectivity index (χ0n) is 19.5. The molecule has 0 aliphatic rings. The third-order valence-corrected chi connectivity index (χ3v) is 5.91. The lowest BCUT2D eigenvalue weighted by molar-refractivity contribution is 0.539. The molecule has 2 aromatic carbocycles. The van der Waals surface area contributed by atoms with E-state index in [0.717, 1.165) is 17.7 Å². The summed E-state index contributed by atoms with van der Waals surface area (Å²) in [5.41, 5.74) is 4.06. The van der Waals surface area contributed by atoms with Gasteiger partial charge in [-0.25, -0.2) is 0 Å². The number of aliphatic imine (C=N–C) groups is 1. The van der Waals surface area contributed by atoms with Crippen molar-refractivity contribution in [3.63, 3.8) is 0 Å². The molecule has 0 N–H and O–H groups in total. The molecule has 0 saturated heterocycles. The SMILES string of the molecule is CCCCCCCCCCCCCCCc1ccc(N=Cc2ccc(C#N)cc2)cc1. The van der Waals surface area contributed by atoms with Gasteiger partial charge in [-0.3, -0.25) is 4.99 Å². The molecule has 0 aliphatic heterocycles. The Hall–Kier alpha value is -2.40. The van der Waals surface area contributed by atoms with Crippen molar-refractivity contribution in [1.82, 2.24) is 0 Å². The van der Waals surface area contributed by atoms with E-state index in [-0.39, 0.29) is 0 Å². The van der Waals surface area contributed by atoms with Gasteiger partial charge in [0.25, 0.3) is 0 Å². The summed E-state index contributed by atoms with van der Waals surface area (Å²) in [5.74, 6) is 0. The summed E-state index contributed by atoms with van der Waals surface area (Å²) in [7, 11) is 0. The molecule has 0 radical (unpaired) electrons. The molecule has 0 heterocycles. The second kappa shape index (κ2) is 16.3. The fourth-order valence-electron chi connectivity index (χ4n) is 3.89. The van der Waals surface area contributed by atoms with E-state index < -0.39 is 0 Å². The Morgan fingerprint density at radius 3 is 1.71 bits per heavy atom. The molecule has 166 valence electrons. The average molecular weight is 417 g/mol. The summed E-state index contributed by atoms with van der Waals surface area (Å²) in [6.45, 7) is 2.28. The molecule has 0 bridgehead atoms. The lowest BCUT2D eigenvalue weighted by atomic mass is 10.0. The standard InChI is InChI=1S/C29H40N2/c1-2-3-4-5-6-7-8-9-10-11-12-13-14-15-26-20-22-29(23-21-26)31-25-28-18-16-27(24-30)17-19-28/h16-23,25H,2-15H2,1H3. The summed E-state index contributed by atoms with van der Waals surface area (Å²) in [5, 5.41) is 8.85. The maximum absolute atomic E-state index is 8.85. The first kappa shape index (κ1) is 24.9. The van der Waals surface area contributed by atoms with Crippen molar-refractivity contribution in [2.24, 2.45) is 4.99 Å². The second-order valence-electron chi connectivity index (χ2n) is 8.65. The van der Waals surface area contributed by atoms with Crippen LogP contribution in [-0.4, -0.2) is 6.21 Å². The number of unbranched alkanes of at least 4 members (excludes halogenated alkanes) is 12. The predicted molar refractivity (Wildman–Crippen MR) is 134 cm³/mol. The van der Waals surface area contributed by atoms with Gasteiger partial charge in [0.2, 0.25) is 0 Å². The van der Waals surface area contributed by atoms with Crippen molar-refractivity contribution in [2.75, 3.05) is 0 Å². The number of benzene rings is 2. The Bertz CT molecular complexity index is 766. The van der Waals surface area contributed by atoms with E-state index in [1.54, 1.807) is 0 Å². The van der Waals surface area contributed by atoms with Gasteiger partial charge < -0.3 is 0 Å². The topological polar surface area (TPSA) is 36.1 Å². The molecule has 0 spiro atoms. The first-order chi connectivity index (χ1) is 15.3. The predicted octanol–water partition coefficient (Wildman–Crippen LogP) is 8.94. The number of hydrogen-bond acceptors (Lipinski definition) is 2. The molecule has 0 saturated carbocycles. The molecule has 2 heteroatoms. The van der Waals surface area contributed by atoms with Gasteiger partial charge >= 0.3 is 0 Å². The molecular weight excluding hydrogens is 376 g/mol. The van der Waals surface area contributed by atoms with Crippen molar-refractivity contribution in [2.45, 2.75) is 96.8 Å². The van der Waals surface area contributed by atoms with Crippen LogP contribution in [0.5, 0.6) is 0 Å². The van der Waals surface area contributed by atoms with Gasteiger partial charge in [-0.1, -0.05) is 108 Å². The molecule has 2 aromatic rings. The molecule has 0 atom stereocenters. The smallest absolute Gasteiger partial charge is 0.0991 e. The van der Waals surface area contributed by atoms with Gasteiger partial charge in [-0.15, -0.1) is 0 Å². The van der Waals surface area contributed by atoms with Gasteiger partial charge in [0.05, 0.1) is 17.3 Å². The van der Waals surface area contributed by atoms with Crippen molar-refractivity contribution in [3.8, 4) is 6.07 Å². The Morgan fingerprint density at radius 2 is 1.19 bits per heavy atom. The van der Waals surface area contributed by atoms with Crippen LogP contribution in [0.3, 0.4) is 0 Å². The normalized spacial score (nSPS) is 11.1. The quantitative estimate of drug-likeness (QED) is 0.199. The summed E-state index contributed by atoms with van der Waals surface area (Å²) >= 11 is 0. The largest absolute Gasteiger partial charge is 0.256 e.